The molecule has 1 unspecified atom stereocenters. The van der Waals surface area contributed by atoms with E-state index in [4.69, 9.17) is 6.58 Å². The molecule has 0 fully saturated rings. The molecule has 0 amide bonds. The summed E-state index contributed by atoms with van der Waals surface area (Å²) in [7, 11) is 2.17. The summed E-state index contributed by atoms with van der Waals surface area (Å²) >= 11 is 0. The van der Waals surface area contributed by atoms with Gasteiger partial charge >= 0.3 is 0 Å². The van der Waals surface area contributed by atoms with Gasteiger partial charge in [-0.25, -0.2) is 0 Å². The van der Waals surface area contributed by atoms with E-state index in [9.17, 15) is 0 Å². The van der Waals surface area contributed by atoms with Crippen LogP contribution in [0.4, 0.5) is 22.7 Å². The second kappa shape index (κ2) is 18.5. The van der Waals surface area contributed by atoms with Crippen molar-refractivity contribution < 1.29 is 0 Å². The van der Waals surface area contributed by atoms with E-state index in [1.807, 2.05) is 0 Å². The van der Waals surface area contributed by atoms with Crippen LogP contribution in [0.2, 0.25) is 0 Å². The quantitative estimate of drug-likeness (QED) is 0.114. The maximum absolute atomic E-state index is 4.92. The lowest BCUT2D eigenvalue weighted by Gasteiger charge is -2.34. The van der Waals surface area contributed by atoms with Gasteiger partial charge in [0.15, 0.2) is 0 Å². The van der Waals surface area contributed by atoms with Crippen LogP contribution >= 0.6 is 0 Å². The Hall–Kier alpha value is -7.42. The van der Waals surface area contributed by atoms with Gasteiger partial charge in [0, 0.05) is 41.4 Å². The van der Waals surface area contributed by atoms with Gasteiger partial charge < -0.3 is 9.80 Å². The first-order chi connectivity index (χ1) is 30.6. The first-order valence-electron chi connectivity index (χ1n) is 21.8. The third-order valence-electron chi connectivity index (χ3n) is 12.2. The lowest BCUT2D eigenvalue weighted by molar-refractivity contribution is 0.790. The van der Waals surface area contributed by atoms with Crippen LogP contribution in [0, 0.1) is 0 Å². The molecule has 1 atom stereocenters. The van der Waals surface area contributed by atoms with Gasteiger partial charge in [-0.3, -0.25) is 0 Å². The van der Waals surface area contributed by atoms with Crippen molar-refractivity contribution in [3.05, 3.63) is 265 Å². The molecule has 0 aromatic heterocycles. The highest BCUT2D eigenvalue weighted by Crippen LogP contribution is 2.46. The summed E-state index contributed by atoms with van der Waals surface area (Å²) < 4.78 is 0. The average Bonchev–Trinajstić information content (AvgIpc) is 3.35. The molecule has 0 bridgehead atoms. The standard InChI is InChI=1S/C60H52N2/c1-4-5-29-57(49-22-11-7-12-23-49)44(2)60-58(30-18-31-59(60)61(3)53-26-13-8-14-27-53)52-25-17-28-56(43-52)62(54-38-34-47(35-39-54)45-19-9-6-10-20-45)55-40-36-48(37-41-55)51-33-32-46-21-15-16-24-50(46)42-51/h4-9,11-19,21-29,31-43,58H,2,10,20,30H2,1,3H3/b5-4-,57-29+. The Kier molecular flexibility index (Phi) is 11.9. The van der Waals surface area contributed by atoms with Gasteiger partial charge in [0.1, 0.15) is 0 Å². The molecule has 302 valence electrons. The zero-order valence-corrected chi connectivity index (χ0v) is 35.7. The van der Waals surface area contributed by atoms with E-state index in [1.54, 1.807) is 0 Å². The fourth-order valence-electron chi connectivity index (χ4n) is 8.95. The van der Waals surface area contributed by atoms with Crippen molar-refractivity contribution in [2.75, 3.05) is 16.8 Å². The molecule has 2 aliphatic rings. The highest BCUT2D eigenvalue weighted by molar-refractivity contribution is 5.89. The number of hydrogen-bond donors (Lipinski definition) is 0. The topological polar surface area (TPSA) is 6.48 Å². The first-order valence-corrected chi connectivity index (χ1v) is 21.8. The number of nitrogens with zero attached hydrogens (tertiary/aromatic N) is 2. The predicted molar refractivity (Wildman–Crippen MR) is 267 cm³/mol. The van der Waals surface area contributed by atoms with Crippen LogP contribution in [0.25, 0.3) is 33.0 Å². The summed E-state index contributed by atoms with van der Waals surface area (Å²) in [5, 5.41) is 2.50. The van der Waals surface area contributed by atoms with Gasteiger partial charge in [-0.1, -0.05) is 170 Å². The monoisotopic (exact) mass is 800 g/mol. The van der Waals surface area contributed by atoms with Crippen LogP contribution in [-0.4, -0.2) is 7.05 Å². The zero-order chi connectivity index (χ0) is 42.3. The van der Waals surface area contributed by atoms with E-state index >= 15 is 0 Å². The molecule has 0 heterocycles. The van der Waals surface area contributed by atoms with Crippen LogP contribution in [0.3, 0.4) is 0 Å². The maximum atomic E-state index is 4.92. The van der Waals surface area contributed by atoms with Crippen molar-refractivity contribution in [2.45, 2.75) is 32.1 Å². The molecule has 0 saturated heterocycles. The summed E-state index contributed by atoms with van der Waals surface area (Å²) in [6, 6.07) is 63.9. The summed E-state index contributed by atoms with van der Waals surface area (Å²) in [6.45, 7) is 6.98. The average molecular weight is 801 g/mol. The molecule has 0 aliphatic heterocycles. The predicted octanol–water partition coefficient (Wildman–Crippen LogP) is 16.4. The van der Waals surface area contributed by atoms with Crippen molar-refractivity contribution in [3.63, 3.8) is 0 Å². The van der Waals surface area contributed by atoms with E-state index < -0.39 is 0 Å². The number of likely N-dealkylation sites (N-methyl/N-ethyl adjacent to an activating group) is 1. The van der Waals surface area contributed by atoms with Gasteiger partial charge in [-0.2, -0.15) is 0 Å². The molecule has 0 N–H and O–H groups in total. The van der Waals surface area contributed by atoms with Gasteiger partial charge in [0.25, 0.3) is 0 Å². The second-order valence-corrected chi connectivity index (χ2v) is 16.1. The Morgan fingerprint density at radius 3 is 1.98 bits per heavy atom. The van der Waals surface area contributed by atoms with E-state index in [0.717, 1.165) is 64.4 Å². The number of benzene rings is 7. The van der Waals surface area contributed by atoms with E-state index in [1.165, 1.54) is 44.2 Å². The van der Waals surface area contributed by atoms with Crippen molar-refractivity contribution in [1.29, 1.82) is 0 Å². The number of allylic oxidation sites excluding steroid dienone is 12. The summed E-state index contributed by atoms with van der Waals surface area (Å²) in [6.07, 6.45) is 20.7. The van der Waals surface area contributed by atoms with Crippen molar-refractivity contribution in [2.24, 2.45) is 0 Å². The molecule has 0 radical (unpaired) electrons. The number of para-hydroxylation sites is 1. The molecule has 62 heavy (non-hydrogen) atoms. The SMILES string of the molecule is C=C(C1=C(N(C)c2ccccc2)C=CCC1c1cccc(N(c2ccc(C3=CC=CCC3)cc2)c2ccc(-c3ccc4ccccc4c3)cc2)c1)/C(=C\C=C/C)c1ccccc1. The summed E-state index contributed by atoms with van der Waals surface area (Å²) in [4.78, 5) is 4.72. The summed E-state index contributed by atoms with van der Waals surface area (Å²) in [5.41, 5.74) is 16.4. The third kappa shape index (κ3) is 8.46. The van der Waals surface area contributed by atoms with Gasteiger partial charge in [-0.15, -0.1) is 0 Å². The summed E-state index contributed by atoms with van der Waals surface area (Å²) in [5.74, 6) is 0.0529. The van der Waals surface area contributed by atoms with Crippen LogP contribution < -0.4 is 9.80 Å². The Morgan fingerprint density at radius 2 is 1.27 bits per heavy atom. The molecule has 2 nitrogen and oxygen atoms in total. The minimum atomic E-state index is 0.0529. The fourth-order valence-corrected chi connectivity index (χ4v) is 8.95. The Labute approximate surface area is 367 Å². The molecule has 2 aliphatic carbocycles. The minimum absolute atomic E-state index is 0.0529. The second-order valence-electron chi connectivity index (χ2n) is 16.1. The van der Waals surface area contributed by atoms with E-state index in [0.29, 0.717) is 0 Å². The Bertz CT molecular complexity index is 2890. The van der Waals surface area contributed by atoms with Gasteiger partial charge in [0.05, 0.1) is 0 Å². The van der Waals surface area contributed by atoms with Gasteiger partial charge in [0.2, 0.25) is 0 Å². The molecular weight excluding hydrogens is 749 g/mol. The highest BCUT2D eigenvalue weighted by atomic mass is 15.1. The van der Waals surface area contributed by atoms with Crippen LogP contribution in [0.5, 0.6) is 0 Å². The first kappa shape index (κ1) is 40.0. The van der Waals surface area contributed by atoms with Crippen molar-refractivity contribution in [3.8, 4) is 11.1 Å². The van der Waals surface area contributed by atoms with Crippen molar-refractivity contribution in [1.82, 2.24) is 0 Å². The third-order valence-corrected chi connectivity index (χ3v) is 12.2. The van der Waals surface area contributed by atoms with Crippen molar-refractivity contribution >= 4 is 44.7 Å². The lowest BCUT2D eigenvalue weighted by atomic mass is 9.77. The molecule has 7 aromatic carbocycles. The normalized spacial score (nSPS) is 15.2. The molecule has 9 rings (SSSR count). The Morgan fingerprint density at radius 1 is 0.613 bits per heavy atom. The highest BCUT2D eigenvalue weighted by Gasteiger charge is 2.29. The Balaban J connectivity index is 1.15. The molecule has 2 heteroatoms. The fraction of sp³-hybridized carbons (Fsp3) is 0.100. The number of fused-ring (bicyclic) bond motifs is 1. The molecular formula is C60H52N2. The largest absolute Gasteiger partial charge is 0.344 e. The number of hydrogen-bond acceptors (Lipinski definition) is 2. The maximum Gasteiger partial charge on any atom is 0.0464 e. The molecule has 0 saturated carbocycles. The zero-order valence-electron chi connectivity index (χ0n) is 35.7. The number of anilines is 4. The van der Waals surface area contributed by atoms with E-state index in [2.05, 4.69) is 248 Å². The lowest BCUT2D eigenvalue weighted by Crippen LogP contribution is -2.22. The van der Waals surface area contributed by atoms with Crippen LogP contribution in [0.15, 0.2) is 248 Å². The number of rotatable bonds is 12. The van der Waals surface area contributed by atoms with Crippen LogP contribution in [-0.2, 0) is 0 Å². The van der Waals surface area contributed by atoms with Gasteiger partial charge in [-0.05, 0) is 148 Å². The molecule has 0 spiro atoms. The smallest absolute Gasteiger partial charge is 0.0464 e. The van der Waals surface area contributed by atoms with Crippen LogP contribution in [0.1, 0.15) is 48.8 Å². The van der Waals surface area contributed by atoms with E-state index in [-0.39, 0.29) is 5.92 Å². The minimum Gasteiger partial charge on any atom is -0.344 e. The molecule has 7 aromatic rings.